The first-order valence-corrected chi connectivity index (χ1v) is 10.0. The Balaban J connectivity index is 3.47. The van der Waals surface area contributed by atoms with Crippen molar-refractivity contribution in [2.75, 3.05) is 33.8 Å². The molecule has 0 aliphatic rings. The third-order valence-electron chi connectivity index (χ3n) is 4.61. The van der Waals surface area contributed by atoms with Crippen molar-refractivity contribution in [1.82, 2.24) is 0 Å². The van der Waals surface area contributed by atoms with Gasteiger partial charge in [-0.2, -0.15) is 0 Å². The van der Waals surface area contributed by atoms with E-state index in [2.05, 4.69) is 27.6 Å². The van der Waals surface area contributed by atoms with Gasteiger partial charge in [0.25, 0.3) is 0 Å². The minimum absolute atomic E-state index is 0.269. The highest BCUT2D eigenvalue weighted by atomic mass is 16.5. The van der Waals surface area contributed by atoms with Gasteiger partial charge in [0, 0.05) is 12.0 Å². The van der Waals surface area contributed by atoms with Gasteiger partial charge in [0.2, 0.25) is 0 Å². The lowest BCUT2D eigenvalue weighted by atomic mass is 10.1. The summed E-state index contributed by atoms with van der Waals surface area (Å²) in [6.07, 6.45) is 14.8. The van der Waals surface area contributed by atoms with Crippen molar-refractivity contribution >= 4 is 5.97 Å². The maximum Gasteiger partial charge on any atom is 0.333 e. The summed E-state index contributed by atoms with van der Waals surface area (Å²) in [5.74, 6) is -0.269. The Labute approximate surface area is 151 Å². The van der Waals surface area contributed by atoms with Crippen LogP contribution in [0.2, 0.25) is 0 Å². The predicted octanol–water partition coefficient (Wildman–Crippen LogP) is 5.49. The van der Waals surface area contributed by atoms with Gasteiger partial charge in [-0.3, -0.25) is 0 Å². The highest BCUT2D eigenvalue weighted by Gasteiger charge is 2.14. The summed E-state index contributed by atoms with van der Waals surface area (Å²) in [5.41, 5.74) is 0.481. The molecule has 0 spiro atoms. The van der Waals surface area contributed by atoms with Crippen LogP contribution in [0.4, 0.5) is 0 Å². The summed E-state index contributed by atoms with van der Waals surface area (Å²) in [6.45, 7) is 10.3. The van der Waals surface area contributed by atoms with Crippen LogP contribution in [0.1, 0.15) is 84.5 Å². The Bertz CT molecular complexity index is 337. The summed E-state index contributed by atoms with van der Waals surface area (Å²) in [7, 11) is 4.54. The molecule has 0 aliphatic carbocycles. The van der Waals surface area contributed by atoms with Crippen LogP contribution in [0.5, 0.6) is 0 Å². The second kappa shape index (κ2) is 14.5. The maximum atomic E-state index is 11.3. The summed E-state index contributed by atoms with van der Waals surface area (Å²) in [4.78, 5) is 11.3. The molecule has 0 bridgehead atoms. The second-order valence-electron chi connectivity index (χ2n) is 7.83. The topological polar surface area (TPSA) is 26.3 Å². The van der Waals surface area contributed by atoms with Gasteiger partial charge in [0.15, 0.2) is 0 Å². The van der Waals surface area contributed by atoms with E-state index in [9.17, 15) is 4.79 Å². The molecule has 0 aromatic carbocycles. The van der Waals surface area contributed by atoms with Gasteiger partial charge in [-0.15, -0.1) is 0 Å². The van der Waals surface area contributed by atoms with Gasteiger partial charge in [0.1, 0.15) is 0 Å². The summed E-state index contributed by atoms with van der Waals surface area (Å²) >= 11 is 0. The van der Waals surface area contributed by atoms with E-state index in [1.54, 1.807) is 6.92 Å². The largest absolute Gasteiger partial charge is 0.462 e. The van der Waals surface area contributed by atoms with Crippen LogP contribution < -0.4 is 0 Å². The molecular weight excluding hydrogens is 298 g/mol. The lowest BCUT2D eigenvalue weighted by molar-refractivity contribution is -0.890. The van der Waals surface area contributed by atoms with E-state index >= 15 is 0 Å². The van der Waals surface area contributed by atoms with Crippen LogP contribution in [0, 0.1) is 0 Å². The number of rotatable bonds is 16. The zero-order valence-corrected chi connectivity index (χ0v) is 16.9. The summed E-state index contributed by atoms with van der Waals surface area (Å²) in [6, 6.07) is 0. The fraction of sp³-hybridized carbons (Fsp3) is 0.857. The first-order chi connectivity index (χ1) is 11.4. The van der Waals surface area contributed by atoms with Crippen molar-refractivity contribution in [3.63, 3.8) is 0 Å². The number of unbranched alkanes of at least 4 members (excludes halogenated alkanes) is 9. The van der Waals surface area contributed by atoms with Crippen molar-refractivity contribution in [3.8, 4) is 0 Å². The van der Waals surface area contributed by atoms with Crippen molar-refractivity contribution in [3.05, 3.63) is 12.2 Å². The zero-order valence-electron chi connectivity index (χ0n) is 16.9. The van der Waals surface area contributed by atoms with Crippen molar-refractivity contribution in [2.24, 2.45) is 0 Å². The number of nitrogens with zero attached hydrogens (tertiary/aromatic N) is 1. The van der Waals surface area contributed by atoms with E-state index in [1.807, 2.05) is 0 Å². The van der Waals surface area contributed by atoms with E-state index in [0.29, 0.717) is 12.2 Å². The molecule has 0 heterocycles. The molecule has 0 saturated heterocycles. The number of carbonyl (C=O) groups excluding carboxylic acids is 1. The number of carbonyl (C=O) groups is 1. The van der Waals surface area contributed by atoms with E-state index in [4.69, 9.17) is 4.74 Å². The van der Waals surface area contributed by atoms with Crippen molar-refractivity contribution < 1.29 is 14.0 Å². The second-order valence-corrected chi connectivity index (χ2v) is 7.83. The molecule has 3 nitrogen and oxygen atoms in total. The highest BCUT2D eigenvalue weighted by molar-refractivity contribution is 5.86. The predicted molar refractivity (Wildman–Crippen MR) is 104 cm³/mol. The van der Waals surface area contributed by atoms with Crippen LogP contribution in [-0.2, 0) is 9.53 Å². The molecule has 0 unspecified atom stereocenters. The van der Waals surface area contributed by atoms with E-state index < -0.39 is 0 Å². The molecule has 0 aromatic heterocycles. The molecule has 0 saturated carbocycles. The molecule has 0 aliphatic heterocycles. The number of quaternary nitrogens is 1. The van der Waals surface area contributed by atoms with Gasteiger partial charge in [-0.05, 0) is 19.8 Å². The zero-order chi connectivity index (χ0) is 18.3. The Hall–Kier alpha value is -0.830. The minimum Gasteiger partial charge on any atom is -0.462 e. The maximum absolute atomic E-state index is 11.3. The molecule has 0 fully saturated rings. The van der Waals surface area contributed by atoms with Gasteiger partial charge in [-0.1, -0.05) is 64.9 Å². The molecule has 0 rings (SSSR count). The molecular formula is C21H42NO2+. The Morgan fingerprint density at radius 1 is 0.833 bits per heavy atom. The van der Waals surface area contributed by atoms with Gasteiger partial charge in [-0.25, -0.2) is 4.79 Å². The average molecular weight is 341 g/mol. The quantitative estimate of drug-likeness (QED) is 0.161. The Morgan fingerprint density at radius 2 is 1.29 bits per heavy atom. The smallest absolute Gasteiger partial charge is 0.333 e. The standard InChI is InChI=1S/C21H42NO2/c1-6-7-8-9-10-11-12-13-14-15-17-22(4,5)18-16-19-24-21(23)20(2)3/h2,6-19H2,1,3-5H3/q+1. The van der Waals surface area contributed by atoms with Gasteiger partial charge >= 0.3 is 5.97 Å². The van der Waals surface area contributed by atoms with E-state index in [1.165, 1.54) is 70.8 Å². The number of hydrogen-bond acceptors (Lipinski definition) is 2. The molecule has 0 radical (unpaired) electrons. The van der Waals surface area contributed by atoms with Crippen LogP contribution >= 0.6 is 0 Å². The SMILES string of the molecule is C=C(C)C(=O)OCCC[N+](C)(C)CCCCCCCCCCCC. The molecule has 0 atom stereocenters. The highest BCUT2D eigenvalue weighted by Crippen LogP contribution is 2.12. The Morgan fingerprint density at radius 3 is 1.79 bits per heavy atom. The van der Waals surface area contributed by atoms with Crippen molar-refractivity contribution in [1.29, 1.82) is 0 Å². The third-order valence-corrected chi connectivity index (χ3v) is 4.61. The number of ether oxygens (including phenoxy) is 1. The van der Waals surface area contributed by atoms with Crippen LogP contribution in [0.15, 0.2) is 12.2 Å². The number of esters is 1. The van der Waals surface area contributed by atoms with E-state index in [-0.39, 0.29) is 5.97 Å². The molecule has 142 valence electrons. The molecule has 3 heteroatoms. The van der Waals surface area contributed by atoms with Crippen LogP contribution in [0.3, 0.4) is 0 Å². The molecule has 0 aromatic rings. The fourth-order valence-electron chi connectivity index (χ4n) is 2.92. The van der Waals surface area contributed by atoms with Crippen LogP contribution in [-0.4, -0.2) is 44.2 Å². The summed E-state index contributed by atoms with van der Waals surface area (Å²) < 4.78 is 6.17. The van der Waals surface area contributed by atoms with Gasteiger partial charge < -0.3 is 9.22 Å². The lowest BCUT2D eigenvalue weighted by Crippen LogP contribution is -2.41. The molecule has 24 heavy (non-hydrogen) atoms. The van der Waals surface area contributed by atoms with Gasteiger partial charge in [0.05, 0.1) is 33.8 Å². The molecule has 0 amide bonds. The minimum atomic E-state index is -0.269. The normalized spacial score (nSPS) is 11.5. The fourth-order valence-corrected chi connectivity index (χ4v) is 2.92. The first-order valence-electron chi connectivity index (χ1n) is 10.0. The monoisotopic (exact) mass is 340 g/mol. The summed E-state index contributed by atoms with van der Waals surface area (Å²) in [5, 5.41) is 0. The third kappa shape index (κ3) is 14.7. The molecule has 0 N–H and O–H groups in total. The first kappa shape index (κ1) is 23.2. The average Bonchev–Trinajstić information content (AvgIpc) is 2.53. The lowest BCUT2D eigenvalue weighted by Gasteiger charge is -2.29. The van der Waals surface area contributed by atoms with E-state index in [0.717, 1.165) is 17.4 Å². The van der Waals surface area contributed by atoms with Crippen LogP contribution in [0.25, 0.3) is 0 Å². The van der Waals surface area contributed by atoms with Crippen molar-refractivity contribution in [2.45, 2.75) is 84.5 Å². The number of hydrogen-bond donors (Lipinski definition) is 0. The Kier molecular flexibility index (Phi) is 14.0.